The van der Waals surface area contributed by atoms with E-state index in [1.54, 1.807) is 64.5 Å². The standard InChI is InChI=1S/C26H43NO3.C25H42O2.C25H40O2.C24H38O3.C4H8O.C2H7NO.C2H6O.3CH4.CH3.B17.B.BrH.ClH.Mg.Na.H/c1-17(6-11-24(29)27(4)30-5)21-9-10-22-20-8-7-18-16-19(28)12-14-25(18,2)23(20)13-15-26(21,22)3;2*1-16(5-6-17(2)26)21-9-10-22-20-8-7-18-15-19(27)11-13-24(18,3)23(20)12-14-25(21,22)4;1-15(4-9-22(26)27)19-7-8-20-18-6-5-16-14-17(25)10-12-23(16,2)21(18)11-13-24(19,20)3;1-2-4-5-3-1;1-3-4-2;1-2-3;;;;;1-10-15(11(2)3)17(14(8)9)16(12(4)5)13(6)7;;;;;;/h7,17,19-23,28H,6,8-16H2,1-5H3;7,16-17,19-23,26-27H,5-6,8-15H2,1-4H3;7,16,19-23,27H,5-6,8-15H2,1-4H3;5,15,17-21,25H,4,6-14H2,1-3H3,(H,26,27);1-4H2;3H,1-2H3;3H,2H2,1H3;3*1H4;1H3;;;2*1H;;;/q;;;;;;;;;;-1;;;;;+2;+1;-1/p-1/t17-,19+,20?,21-,22?,23?,25+,26-;16-,17?,19+,20?,21-,22?,23?,24+,25-;16-,19+,20?,21-,22?,23?,24+,25-;15-,17+,18?,19-,20?,21?,23+,24-;;;;;;;;;;;;;;/m1111............../s1. The number of ether oxygens (including phenoxy) is 1. The number of nitrogens with zero attached hydrogens (tertiary/aromatic N) is 1. The van der Waals surface area contributed by atoms with Crippen LogP contribution in [0.5, 0.6) is 0 Å². The second-order valence-electron chi connectivity index (χ2n) is 50.9. The van der Waals surface area contributed by atoms with Gasteiger partial charge in [-0.05, 0) is 433 Å². The van der Waals surface area contributed by atoms with Crippen LogP contribution in [0.2, 0.25) is 0 Å². The van der Waals surface area contributed by atoms with Crippen molar-refractivity contribution in [2.24, 2.45) is 162 Å². The number of carbonyl (C=O) groups is 3. The van der Waals surface area contributed by atoms with Gasteiger partial charge in [0.25, 0.3) is 0 Å². The molecule has 13 unspecified atom stereocenters. The Labute approximate surface area is 987 Å². The van der Waals surface area contributed by atoms with Gasteiger partial charge in [-0.25, -0.2) is 10.5 Å². The fourth-order valence-electron chi connectivity index (χ4n) is 35.7. The monoisotopic (exact) mass is 2140 g/mol. The Balaban J connectivity index is 0.00000178. The maximum atomic E-state index is 12.2. The van der Waals surface area contributed by atoms with Crippen molar-refractivity contribution in [3.8, 4) is 0 Å². The van der Waals surface area contributed by atoms with Gasteiger partial charge in [0.2, 0.25) is 5.91 Å². The molecule has 13 fully saturated rings. The smallest absolute Gasteiger partial charge is 1.00 e. The van der Waals surface area contributed by atoms with Crippen LogP contribution in [0.4, 0.5) is 0 Å². The summed E-state index contributed by atoms with van der Waals surface area (Å²) in [6.07, 6.45) is 53.1. The number of hydroxylamine groups is 3. The van der Waals surface area contributed by atoms with E-state index >= 15 is 0 Å². The number of aliphatic hydroxyl groups is 6. The number of aliphatic hydroxyl groups excluding tert-OH is 6. The van der Waals surface area contributed by atoms with Gasteiger partial charge in [0, 0.05) is 183 Å². The van der Waals surface area contributed by atoms with E-state index in [4.69, 9.17) is 89.4 Å². The second kappa shape index (κ2) is 65.5. The van der Waals surface area contributed by atoms with E-state index in [1.807, 2.05) is 6.92 Å². The predicted octanol–water partition coefficient (Wildman–Crippen LogP) is 12.7. The summed E-state index contributed by atoms with van der Waals surface area (Å²) >= 11 is 0. The van der Waals surface area contributed by atoms with Gasteiger partial charge >= 0.3 is 58.6 Å². The van der Waals surface area contributed by atoms with Crippen LogP contribution in [-0.4, -0.2) is 290 Å². The fourth-order valence-corrected chi connectivity index (χ4v) is 35.7. The molecule has 16 aliphatic carbocycles. The molecule has 808 valence electrons. The van der Waals surface area contributed by atoms with Crippen molar-refractivity contribution in [3.63, 3.8) is 0 Å². The normalized spacial score (nSPS) is 37.0. The third-order valence-corrected chi connectivity index (χ3v) is 43.5. The van der Waals surface area contributed by atoms with E-state index in [2.05, 4.69) is 118 Å². The summed E-state index contributed by atoms with van der Waals surface area (Å²) in [5.74, 6) is 15.3. The van der Waals surface area contributed by atoms with E-state index in [-0.39, 0.29) is 165 Å². The average Bonchev–Trinajstić information content (AvgIpc) is 1.51. The number of allylic oxidation sites excluding steroid dienone is 4. The molecule has 0 aromatic carbocycles. The van der Waals surface area contributed by atoms with Crippen LogP contribution in [0.15, 0.2) is 46.6 Å². The summed E-state index contributed by atoms with van der Waals surface area (Å²) in [4.78, 5) is 44.1. The Morgan fingerprint density at radius 2 is 0.745 bits per heavy atom. The summed E-state index contributed by atoms with van der Waals surface area (Å²) in [6, 6.07) is 0. The molecular weight excluding hydrogens is 1940 g/mol. The minimum atomic E-state index is -0.796. The number of carboxylic acid groups (broad SMARTS) is 1. The van der Waals surface area contributed by atoms with Crippen molar-refractivity contribution in [1.82, 2.24) is 10.5 Å². The number of Topliss-reactive ketones (excluding diaryl/α,β-unsaturated/α-hetero) is 1. The summed E-state index contributed by atoms with van der Waals surface area (Å²) in [7, 11) is 58.5. The summed E-state index contributed by atoms with van der Waals surface area (Å²) in [5.41, 5.74) is 11.9. The van der Waals surface area contributed by atoms with E-state index in [9.17, 15) is 39.9 Å². The number of carbonyl (C=O) groups excluding carboxylic acids is 2. The SMILES string of the molecule is C.C.C.C1CCOC1.CC(=O)CC[C@@H](C)[C@H]1CCC2C3CC=C4C[C@@H](O)CC[C@]4(C)C3CC[C@@]21C.CC(O)CC[C@@H](C)[C@H]1CCC2C3CC=C4C[C@@H](O)CC[C@]4(C)C3CC[C@@]21C.CCO.CNOC.CON(C)C(=O)CC[C@@H](C)[C@H]1CCC2C3CC=C4C[C@@H](O)CC[C@]4(C)C3CC[C@@]21C.C[C@H](CCC(=O)O)[C@H]1CCC2C3CC=C4C[C@@H](O)CC[C@]4(C)C3CC[C@@]21C.Cl.[B].[B][B]B(B([B])[B])B(B([B])[B])B(B([B])[B])B([B])[B].[Br-].[CH3-].[H-].[Mg+2].[Na+]. The Hall–Kier alpha value is 0.875. The van der Waals surface area contributed by atoms with Gasteiger partial charge in [-0.2, -0.15) is 0 Å². The van der Waals surface area contributed by atoms with E-state index in [0.29, 0.717) is 85.6 Å². The number of hydrogen-bond donors (Lipinski definition) is 8. The molecule has 8 N–H and O–H groups in total. The topological polar surface area (TPSA) is 236 Å². The molecule has 0 aromatic heterocycles. The zero-order valence-electron chi connectivity index (χ0n) is 96.5. The molecule has 33 atom stereocenters. The number of rotatable bonds is 25. The molecule has 0 bridgehead atoms. The number of hydrogen-bond acceptors (Lipinski definition) is 13. The van der Waals surface area contributed by atoms with E-state index in [0.717, 1.165) is 198 Å². The summed E-state index contributed by atoms with van der Waals surface area (Å²) in [6.45, 7) is 37.5. The van der Waals surface area contributed by atoms with Gasteiger partial charge in [-0.15, -0.1) is 12.4 Å². The molecule has 0 spiro atoms. The number of ketones is 1. The number of carboxylic acids is 1. The zero-order chi connectivity index (χ0) is 103. The number of amides is 1. The van der Waals surface area contributed by atoms with E-state index < -0.39 is 50.7 Å². The Morgan fingerprint density at radius 1 is 0.477 bits per heavy atom. The first-order valence-corrected chi connectivity index (χ1v) is 56.7. The number of aliphatic carboxylic acids is 1. The van der Waals surface area contributed by atoms with Gasteiger partial charge in [0.05, 0.1) is 44.7 Å². The first-order chi connectivity index (χ1) is 66.0. The van der Waals surface area contributed by atoms with Crippen molar-refractivity contribution in [3.05, 3.63) is 54.0 Å². The molecule has 15 nitrogen and oxygen atoms in total. The Kier molecular flexibility index (Phi) is 65.0. The molecule has 1 aliphatic heterocycles. The van der Waals surface area contributed by atoms with E-state index in [1.165, 1.54) is 179 Å². The van der Waals surface area contributed by atoms with Crippen molar-refractivity contribution < 1.29 is 113 Å². The van der Waals surface area contributed by atoms with Crippen LogP contribution >= 0.6 is 12.4 Å². The zero-order valence-corrected chi connectivity index (χ0v) is 101. The molecule has 0 aromatic rings. The summed E-state index contributed by atoms with van der Waals surface area (Å²) < 4.78 is 4.94. The van der Waals surface area contributed by atoms with Crippen LogP contribution in [-0.2, 0) is 28.8 Å². The third-order valence-electron chi connectivity index (χ3n) is 43.5. The minimum absolute atomic E-state index is 0. The van der Waals surface area contributed by atoms with Crippen LogP contribution in [0.25, 0.3) is 0 Å². The van der Waals surface area contributed by atoms with Crippen molar-refractivity contribution >= 4 is 183 Å². The maximum Gasteiger partial charge on any atom is 2.00 e. The molecule has 1 saturated heterocycles. The van der Waals surface area contributed by atoms with Gasteiger partial charge in [0.1, 0.15) is 5.78 Å². The Morgan fingerprint density at radius 3 is 0.966 bits per heavy atom. The largest absolute Gasteiger partial charge is 2.00 e. The molecule has 12 saturated carbocycles. The van der Waals surface area contributed by atoms with Gasteiger partial charge < -0.3 is 75.9 Å². The summed E-state index contributed by atoms with van der Waals surface area (Å²) in [5, 5.41) is 68.5. The van der Waals surface area contributed by atoms with Crippen molar-refractivity contribution in [2.75, 3.05) is 48.1 Å². The maximum absolute atomic E-state index is 12.2. The third kappa shape index (κ3) is 34.1. The number of halogens is 2. The van der Waals surface area contributed by atoms with Gasteiger partial charge in [-0.3, -0.25) is 14.4 Å². The molecule has 37 heteroatoms. The number of fused-ring (bicyclic) bond motifs is 20. The Bertz CT molecular complexity index is 3950. The molecular formula is C112H201B18BrClMgN2NaO13. The fraction of sp³-hybridized carbons (Fsp3) is 0.893. The van der Waals surface area contributed by atoms with Crippen molar-refractivity contribution in [2.45, 2.75) is 426 Å². The molecule has 1 heterocycles. The molecule has 22 radical (unpaired) electrons. The average molecular weight is 2140 g/mol. The molecule has 17 rings (SSSR count). The quantitative estimate of drug-likeness (QED) is 0.0184. The molecule has 149 heavy (non-hydrogen) atoms. The van der Waals surface area contributed by atoms with Crippen molar-refractivity contribution in [1.29, 1.82) is 0 Å². The number of nitrogens with one attached hydrogen (secondary N) is 1. The van der Waals surface area contributed by atoms with Crippen LogP contribution in [0.1, 0.15) is 397 Å². The van der Waals surface area contributed by atoms with Gasteiger partial charge in [-0.1, -0.05) is 152 Å². The van der Waals surface area contributed by atoms with Crippen LogP contribution < -0.4 is 52.0 Å². The van der Waals surface area contributed by atoms with Crippen LogP contribution in [0, 0.1) is 169 Å². The molecule has 1 amide bonds. The first kappa shape index (κ1) is 148. The predicted molar refractivity (Wildman–Crippen MR) is 641 cm³/mol. The first-order valence-electron chi connectivity index (χ1n) is 56.7. The second-order valence-corrected chi connectivity index (χ2v) is 50.9. The van der Waals surface area contributed by atoms with Gasteiger partial charge in [0.15, 0.2) is 0 Å². The molecule has 17 aliphatic rings. The van der Waals surface area contributed by atoms with Crippen LogP contribution in [0.3, 0.4) is 0 Å². The minimum Gasteiger partial charge on any atom is -1.00 e.